The SMILES string of the molecule is CC(C)CCN(CCC(C)C)C(=O)c1ccc(N)c(O)c1. The Morgan fingerprint density at radius 1 is 1.14 bits per heavy atom. The highest BCUT2D eigenvalue weighted by Crippen LogP contribution is 2.22. The molecule has 21 heavy (non-hydrogen) atoms. The van der Waals surface area contributed by atoms with Crippen molar-refractivity contribution in [2.24, 2.45) is 11.8 Å². The first-order valence-electron chi connectivity index (χ1n) is 7.69. The van der Waals surface area contributed by atoms with Crippen LogP contribution in [0.25, 0.3) is 0 Å². The van der Waals surface area contributed by atoms with Crippen molar-refractivity contribution < 1.29 is 9.90 Å². The average Bonchev–Trinajstić information content (AvgIpc) is 2.40. The minimum Gasteiger partial charge on any atom is -0.506 e. The Bertz CT molecular complexity index is 458. The predicted octanol–water partition coefficient (Wildman–Crippen LogP) is 3.51. The van der Waals surface area contributed by atoms with Crippen LogP contribution in [-0.2, 0) is 0 Å². The van der Waals surface area contributed by atoms with E-state index in [0.717, 1.165) is 25.9 Å². The van der Waals surface area contributed by atoms with Crippen LogP contribution in [0.4, 0.5) is 5.69 Å². The summed E-state index contributed by atoms with van der Waals surface area (Å²) in [5.41, 5.74) is 6.38. The minimum absolute atomic E-state index is 0.0338. The molecule has 0 saturated heterocycles. The number of rotatable bonds is 7. The van der Waals surface area contributed by atoms with Gasteiger partial charge in [0.1, 0.15) is 5.75 Å². The molecule has 0 aliphatic carbocycles. The minimum atomic E-state index is -0.0356. The van der Waals surface area contributed by atoms with E-state index in [1.165, 1.54) is 6.07 Å². The summed E-state index contributed by atoms with van der Waals surface area (Å²) < 4.78 is 0. The lowest BCUT2D eigenvalue weighted by molar-refractivity contribution is 0.0740. The van der Waals surface area contributed by atoms with Crippen molar-refractivity contribution in [2.75, 3.05) is 18.8 Å². The number of carbonyl (C=O) groups is 1. The molecule has 0 heterocycles. The predicted molar refractivity (Wildman–Crippen MR) is 87.3 cm³/mol. The topological polar surface area (TPSA) is 66.6 Å². The summed E-state index contributed by atoms with van der Waals surface area (Å²) >= 11 is 0. The largest absolute Gasteiger partial charge is 0.506 e. The number of amides is 1. The summed E-state index contributed by atoms with van der Waals surface area (Å²) in [4.78, 5) is 14.5. The van der Waals surface area contributed by atoms with Crippen LogP contribution in [0.1, 0.15) is 50.9 Å². The maximum absolute atomic E-state index is 12.6. The smallest absolute Gasteiger partial charge is 0.253 e. The molecule has 1 amide bonds. The molecule has 3 N–H and O–H groups in total. The third kappa shape index (κ3) is 5.66. The number of phenolic OH excluding ortho intramolecular Hbond substituents is 1. The van der Waals surface area contributed by atoms with Gasteiger partial charge in [0.2, 0.25) is 0 Å². The third-order valence-electron chi connectivity index (χ3n) is 3.52. The van der Waals surface area contributed by atoms with Crippen LogP contribution in [0.15, 0.2) is 18.2 Å². The van der Waals surface area contributed by atoms with Gasteiger partial charge in [-0.1, -0.05) is 27.7 Å². The number of hydrogen-bond acceptors (Lipinski definition) is 3. The fourth-order valence-electron chi connectivity index (χ4n) is 2.00. The highest BCUT2D eigenvalue weighted by atomic mass is 16.3. The van der Waals surface area contributed by atoms with Crippen molar-refractivity contribution >= 4 is 11.6 Å². The molecule has 0 aliphatic rings. The molecular weight excluding hydrogens is 264 g/mol. The van der Waals surface area contributed by atoms with Gasteiger partial charge in [0.05, 0.1) is 5.69 Å². The number of nitrogens with two attached hydrogens (primary N) is 1. The van der Waals surface area contributed by atoms with Crippen LogP contribution < -0.4 is 5.73 Å². The van der Waals surface area contributed by atoms with E-state index in [4.69, 9.17) is 5.73 Å². The standard InChI is InChI=1S/C17H28N2O2/c1-12(2)7-9-19(10-8-13(3)4)17(21)14-5-6-15(18)16(20)11-14/h5-6,11-13,20H,7-10,18H2,1-4H3. The molecule has 0 atom stereocenters. The lowest BCUT2D eigenvalue weighted by Crippen LogP contribution is -2.34. The second kappa shape index (κ2) is 7.91. The monoisotopic (exact) mass is 292 g/mol. The molecule has 0 saturated carbocycles. The number of phenols is 1. The Morgan fingerprint density at radius 3 is 2.10 bits per heavy atom. The maximum atomic E-state index is 12.6. The number of nitrogens with zero attached hydrogens (tertiary/aromatic N) is 1. The van der Waals surface area contributed by atoms with Gasteiger partial charge in [-0.05, 0) is 42.9 Å². The number of anilines is 1. The Hall–Kier alpha value is -1.71. The van der Waals surface area contributed by atoms with E-state index in [1.54, 1.807) is 12.1 Å². The van der Waals surface area contributed by atoms with E-state index in [0.29, 0.717) is 23.1 Å². The number of benzene rings is 1. The van der Waals surface area contributed by atoms with Gasteiger partial charge in [0, 0.05) is 18.7 Å². The van der Waals surface area contributed by atoms with Gasteiger partial charge in [0.15, 0.2) is 0 Å². The van der Waals surface area contributed by atoms with E-state index in [-0.39, 0.29) is 11.7 Å². The summed E-state index contributed by atoms with van der Waals surface area (Å²) in [5, 5.41) is 9.67. The van der Waals surface area contributed by atoms with Crippen molar-refractivity contribution in [3.05, 3.63) is 23.8 Å². The lowest BCUT2D eigenvalue weighted by Gasteiger charge is -2.24. The maximum Gasteiger partial charge on any atom is 0.253 e. The molecule has 1 aromatic rings. The molecular formula is C17H28N2O2. The van der Waals surface area contributed by atoms with Gasteiger partial charge in [-0.3, -0.25) is 4.79 Å². The molecule has 0 aromatic heterocycles. The van der Waals surface area contributed by atoms with E-state index in [9.17, 15) is 9.90 Å². The van der Waals surface area contributed by atoms with Crippen molar-refractivity contribution in [1.82, 2.24) is 4.90 Å². The van der Waals surface area contributed by atoms with Crippen LogP contribution in [0.2, 0.25) is 0 Å². The summed E-state index contributed by atoms with van der Waals surface area (Å²) in [5.74, 6) is 1.04. The van der Waals surface area contributed by atoms with Crippen LogP contribution in [0.5, 0.6) is 5.75 Å². The quantitative estimate of drug-likeness (QED) is 0.597. The first-order valence-corrected chi connectivity index (χ1v) is 7.69. The zero-order valence-corrected chi connectivity index (χ0v) is 13.6. The first-order chi connectivity index (χ1) is 9.81. The van der Waals surface area contributed by atoms with Gasteiger partial charge in [-0.2, -0.15) is 0 Å². The summed E-state index contributed by atoms with van der Waals surface area (Å²) in [7, 11) is 0. The molecule has 0 fully saturated rings. The van der Waals surface area contributed by atoms with Crippen LogP contribution in [0.3, 0.4) is 0 Å². The van der Waals surface area contributed by atoms with Crippen LogP contribution >= 0.6 is 0 Å². The van der Waals surface area contributed by atoms with Crippen molar-refractivity contribution in [3.8, 4) is 5.75 Å². The zero-order valence-electron chi connectivity index (χ0n) is 13.6. The molecule has 0 aliphatic heterocycles. The summed E-state index contributed by atoms with van der Waals surface area (Å²) in [6.45, 7) is 10.1. The number of aromatic hydroxyl groups is 1. The molecule has 4 nitrogen and oxygen atoms in total. The summed E-state index contributed by atoms with van der Waals surface area (Å²) in [6, 6.07) is 4.70. The Labute approximate surface area is 128 Å². The lowest BCUT2D eigenvalue weighted by atomic mass is 10.1. The highest BCUT2D eigenvalue weighted by Gasteiger charge is 2.17. The second-order valence-electron chi connectivity index (χ2n) is 6.43. The van der Waals surface area contributed by atoms with Crippen LogP contribution in [-0.4, -0.2) is 29.0 Å². The fraction of sp³-hybridized carbons (Fsp3) is 0.588. The molecule has 0 spiro atoms. The van der Waals surface area contributed by atoms with Gasteiger partial charge in [0.25, 0.3) is 5.91 Å². The summed E-state index contributed by atoms with van der Waals surface area (Å²) in [6.07, 6.45) is 1.95. The zero-order chi connectivity index (χ0) is 16.0. The fourth-order valence-corrected chi connectivity index (χ4v) is 2.00. The Morgan fingerprint density at radius 2 is 1.67 bits per heavy atom. The second-order valence-corrected chi connectivity index (χ2v) is 6.43. The van der Waals surface area contributed by atoms with Crippen LogP contribution in [0, 0.1) is 11.8 Å². The van der Waals surface area contributed by atoms with Crippen molar-refractivity contribution in [2.45, 2.75) is 40.5 Å². The van der Waals surface area contributed by atoms with Gasteiger partial charge >= 0.3 is 0 Å². The van der Waals surface area contributed by atoms with E-state index in [1.807, 2.05) is 4.90 Å². The molecule has 0 unspecified atom stereocenters. The Kier molecular flexibility index (Phi) is 6.53. The molecule has 118 valence electrons. The molecule has 0 bridgehead atoms. The van der Waals surface area contributed by atoms with E-state index < -0.39 is 0 Å². The molecule has 4 heteroatoms. The molecule has 0 radical (unpaired) electrons. The van der Waals surface area contributed by atoms with E-state index in [2.05, 4.69) is 27.7 Å². The average molecular weight is 292 g/mol. The van der Waals surface area contributed by atoms with Gasteiger partial charge < -0.3 is 15.7 Å². The third-order valence-corrected chi connectivity index (χ3v) is 3.52. The number of hydrogen-bond donors (Lipinski definition) is 2. The number of carbonyl (C=O) groups excluding carboxylic acids is 1. The van der Waals surface area contributed by atoms with Gasteiger partial charge in [-0.15, -0.1) is 0 Å². The number of nitrogen functional groups attached to an aromatic ring is 1. The molecule has 1 rings (SSSR count). The van der Waals surface area contributed by atoms with Crippen molar-refractivity contribution in [1.29, 1.82) is 0 Å². The van der Waals surface area contributed by atoms with Crippen molar-refractivity contribution in [3.63, 3.8) is 0 Å². The Balaban J connectivity index is 2.83. The van der Waals surface area contributed by atoms with Gasteiger partial charge in [-0.25, -0.2) is 0 Å². The highest BCUT2D eigenvalue weighted by molar-refractivity contribution is 5.95. The van der Waals surface area contributed by atoms with E-state index >= 15 is 0 Å². The normalized spacial score (nSPS) is 11.1. The first kappa shape index (κ1) is 17.3. The molecule has 1 aromatic carbocycles.